The van der Waals surface area contributed by atoms with E-state index in [4.69, 9.17) is 4.74 Å². The third-order valence-electron chi connectivity index (χ3n) is 4.99. The minimum absolute atomic E-state index is 0.00150. The van der Waals surface area contributed by atoms with Gasteiger partial charge < -0.3 is 9.84 Å². The number of esters is 1. The zero-order valence-electron chi connectivity index (χ0n) is 16.1. The molecule has 27 heavy (non-hydrogen) atoms. The van der Waals surface area contributed by atoms with Crippen LogP contribution in [0.15, 0.2) is 48.5 Å². The topological polar surface area (TPSA) is 63.6 Å². The van der Waals surface area contributed by atoms with Gasteiger partial charge in [-0.2, -0.15) is 0 Å². The van der Waals surface area contributed by atoms with Crippen LogP contribution in [0.1, 0.15) is 23.5 Å². The average molecular weight is 383 g/mol. The summed E-state index contributed by atoms with van der Waals surface area (Å²) in [5.41, 5.74) is 4.67. The molecule has 0 amide bonds. The van der Waals surface area contributed by atoms with Crippen molar-refractivity contribution in [3.63, 3.8) is 0 Å². The van der Waals surface area contributed by atoms with Gasteiger partial charge in [-0.25, -0.2) is 0 Å². The van der Waals surface area contributed by atoms with E-state index < -0.39 is 25.9 Å². The Kier molecular flexibility index (Phi) is 5.51. The molecule has 0 aliphatic heterocycles. The van der Waals surface area contributed by atoms with Crippen molar-refractivity contribution < 1.29 is 19.4 Å². The number of fused-ring (bicyclic) bond motifs is 3. The van der Waals surface area contributed by atoms with E-state index in [-0.39, 0.29) is 18.9 Å². The molecule has 2 aromatic rings. The lowest BCUT2D eigenvalue weighted by atomic mass is 9.98. The lowest BCUT2D eigenvalue weighted by Gasteiger charge is -2.21. The maximum Gasteiger partial charge on any atom is 0.306 e. The van der Waals surface area contributed by atoms with Gasteiger partial charge in [0.15, 0.2) is 0 Å². The van der Waals surface area contributed by atoms with Gasteiger partial charge >= 0.3 is 11.9 Å². The van der Waals surface area contributed by atoms with Crippen LogP contribution in [-0.4, -0.2) is 31.7 Å². The monoisotopic (exact) mass is 382 g/mol. The second kappa shape index (κ2) is 7.68. The van der Waals surface area contributed by atoms with Gasteiger partial charge in [-0.15, -0.1) is 0 Å². The number of carbonyl (C=O) groups is 2. The standard InChI is InChI=1S/C22H26O4Si/c1-27(2,3)14-15(22(24)25)12-21(23)26-13-20-18-10-6-4-8-16(18)17-9-5-7-11-19(17)20/h4-11,15,20H,12-14H2,1-3H3,(H,24,25)/t15-/m0/s1. The van der Waals surface area contributed by atoms with E-state index in [1.165, 1.54) is 11.1 Å². The Morgan fingerprint density at radius 3 is 2.00 bits per heavy atom. The Balaban J connectivity index is 1.69. The molecule has 0 unspecified atom stereocenters. The molecule has 0 saturated heterocycles. The number of carboxylic acid groups (broad SMARTS) is 1. The van der Waals surface area contributed by atoms with E-state index in [9.17, 15) is 14.7 Å². The molecular weight excluding hydrogens is 356 g/mol. The summed E-state index contributed by atoms with van der Waals surface area (Å²) in [5.74, 6) is -2.00. The predicted molar refractivity (Wildman–Crippen MR) is 109 cm³/mol. The quantitative estimate of drug-likeness (QED) is 0.553. The largest absolute Gasteiger partial charge is 0.481 e. The number of rotatable bonds is 7. The third kappa shape index (κ3) is 4.47. The second-order valence-corrected chi connectivity index (χ2v) is 13.9. The lowest BCUT2D eigenvalue weighted by Crippen LogP contribution is -2.30. The number of carboxylic acids is 1. The van der Waals surface area contributed by atoms with Gasteiger partial charge in [0.25, 0.3) is 0 Å². The van der Waals surface area contributed by atoms with Crippen molar-refractivity contribution >= 4 is 20.0 Å². The van der Waals surface area contributed by atoms with E-state index in [0.29, 0.717) is 6.04 Å². The maximum absolute atomic E-state index is 12.4. The van der Waals surface area contributed by atoms with E-state index >= 15 is 0 Å². The van der Waals surface area contributed by atoms with E-state index in [1.54, 1.807) is 0 Å². The molecule has 0 aromatic heterocycles. The smallest absolute Gasteiger partial charge is 0.306 e. The molecule has 3 rings (SSSR count). The first kappa shape index (κ1) is 19.4. The fourth-order valence-corrected chi connectivity index (χ4v) is 5.66. The highest BCUT2D eigenvalue weighted by molar-refractivity contribution is 6.76. The fourth-order valence-electron chi connectivity index (χ4n) is 3.86. The van der Waals surface area contributed by atoms with Gasteiger partial charge in [-0.3, -0.25) is 9.59 Å². The van der Waals surface area contributed by atoms with Crippen molar-refractivity contribution in [2.75, 3.05) is 6.61 Å². The van der Waals surface area contributed by atoms with Crippen LogP contribution >= 0.6 is 0 Å². The van der Waals surface area contributed by atoms with Crippen molar-refractivity contribution in [1.29, 1.82) is 0 Å². The van der Waals surface area contributed by atoms with Crippen molar-refractivity contribution in [1.82, 2.24) is 0 Å². The highest BCUT2D eigenvalue weighted by Gasteiger charge is 2.31. The molecule has 0 heterocycles. The normalized spacial score (nSPS) is 14.3. The van der Waals surface area contributed by atoms with Crippen LogP contribution in [0.25, 0.3) is 11.1 Å². The van der Waals surface area contributed by atoms with Crippen LogP contribution in [-0.2, 0) is 14.3 Å². The highest BCUT2D eigenvalue weighted by Crippen LogP contribution is 2.44. The summed E-state index contributed by atoms with van der Waals surface area (Å²) in [6.45, 7) is 6.58. The van der Waals surface area contributed by atoms with Crippen molar-refractivity contribution in [2.24, 2.45) is 5.92 Å². The minimum atomic E-state index is -1.58. The van der Waals surface area contributed by atoms with Gasteiger partial charge in [-0.1, -0.05) is 68.2 Å². The Hall–Kier alpha value is -2.40. The molecule has 0 bridgehead atoms. The SMILES string of the molecule is C[Si](C)(C)C[C@H](CC(=O)OCC1c2ccccc2-c2ccccc21)C(=O)O. The molecule has 5 heteroatoms. The molecule has 0 saturated carbocycles. The van der Waals surface area contributed by atoms with Crippen LogP contribution in [0.4, 0.5) is 0 Å². The first-order valence-corrected chi connectivity index (χ1v) is 13.0. The predicted octanol–water partition coefficient (Wildman–Crippen LogP) is 4.77. The highest BCUT2D eigenvalue weighted by atomic mass is 28.3. The molecule has 1 aliphatic carbocycles. The van der Waals surface area contributed by atoms with Gasteiger partial charge in [-0.05, 0) is 28.3 Å². The first-order chi connectivity index (χ1) is 12.8. The molecule has 0 radical (unpaired) electrons. The molecule has 1 aliphatic rings. The Labute approximate surface area is 161 Å². The zero-order valence-corrected chi connectivity index (χ0v) is 17.1. The third-order valence-corrected chi connectivity index (χ3v) is 6.71. The van der Waals surface area contributed by atoms with E-state index in [0.717, 1.165) is 11.1 Å². The number of carbonyl (C=O) groups excluding carboxylic acids is 1. The molecule has 0 spiro atoms. The van der Waals surface area contributed by atoms with Gasteiger partial charge in [0.1, 0.15) is 6.61 Å². The number of benzene rings is 2. The van der Waals surface area contributed by atoms with Gasteiger partial charge in [0.05, 0.1) is 12.3 Å². The molecule has 4 nitrogen and oxygen atoms in total. The maximum atomic E-state index is 12.4. The molecule has 2 aromatic carbocycles. The molecule has 1 N–H and O–H groups in total. The van der Waals surface area contributed by atoms with E-state index in [1.807, 2.05) is 24.3 Å². The summed E-state index contributed by atoms with van der Waals surface area (Å²) in [7, 11) is -1.58. The van der Waals surface area contributed by atoms with Crippen molar-refractivity contribution in [3.8, 4) is 11.1 Å². The Morgan fingerprint density at radius 1 is 1.00 bits per heavy atom. The summed E-state index contributed by atoms with van der Waals surface area (Å²) in [5, 5.41) is 9.44. The molecule has 142 valence electrons. The number of hydrogen-bond donors (Lipinski definition) is 1. The van der Waals surface area contributed by atoms with E-state index in [2.05, 4.69) is 43.9 Å². The fraction of sp³-hybridized carbons (Fsp3) is 0.364. The van der Waals surface area contributed by atoms with Gasteiger partial charge in [0.2, 0.25) is 0 Å². The van der Waals surface area contributed by atoms with Crippen LogP contribution in [0.5, 0.6) is 0 Å². The first-order valence-electron chi connectivity index (χ1n) is 9.33. The average Bonchev–Trinajstić information content (AvgIpc) is 2.92. The number of ether oxygens (including phenoxy) is 1. The van der Waals surface area contributed by atoms with Crippen LogP contribution in [0, 0.1) is 5.92 Å². The summed E-state index contributed by atoms with van der Waals surface area (Å²) < 4.78 is 5.55. The number of hydrogen-bond acceptors (Lipinski definition) is 3. The Bertz CT molecular complexity index is 808. The van der Waals surface area contributed by atoms with Crippen molar-refractivity contribution in [2.45, 2.75) is 38.0 Å². The number of aliphatic carboxylic acids is 1. The minimum Gasteiger partial charge on any atom is -0.481 e. The van der Waals surface area contributed by atoms with Crippen LogP contribution in [0.2, 0.25) is 25.7 Å². The lowest BCUT2D eigenvalue weighted by molar-refractivity contribution is -0.151. The molecule has 1 atom stereocenters. The summed E-state index contributed by atoms with van der Waals surface area (Å²) in [6, 6.07) is 16.9. The van der Waals surface area contributed by atoms with Crippen LogP contribution < -0.4 is 0 Å². The summed E-state index contributed by atoms with van der Waals surface area (Å²) in [6.07, 6.45) is -0.0599. The van der Waals surface area contributed by atoms with Crippen LogP contribution in [0.3, 0.4) is 0 Å². The zero-order chi connectivity index (χ0) is 19.6. The van der Waals surface area contributed by atoms with Gasteiger partial charge in [0, 0.05) is 14.0 Å². The molecule has 0 fully saturated rings. The molecular formula is C22H26O4Si. The summed E-state index contributed by atoms with van der Waals surface area (Å²) >= 11 is 0. The summed E-state index contributed by atoms with van der Waals surface area (Å²) in [4.78, 5) is 23.9. The Morgan fingerprint density at radius 2 is 1.52 bits per heavy atom. The second-order valence-electron chi connectivity index (χ2n) is 8.41. The van der Waals surface area contributed by atoms with Crippen molar-refractivity contribution in [3.05, 3.63) is 59.7 Å².